The van der Waals surface area contributed by atoms with Gasteiger partial charge in [0.1, 0.15) is 0 Å². The topological polar surface area (TPSA) is 48.0 Å². The van der Waals surface area contributed by atoms with Gasteiger partial charge in [0, 0.05) is 33.9 Å². The molecule has 0 aliphatic heterocycles. The highest BCUT2D eigenvalue weighted by Gasteiger charge is 2.08. The first kappa shape index (κ1) is 20.6. The van der Waals surface area contributed by atoms with Crippen molar-refractivity contribution >= 4 is 5.97 Å². The highest BCUT2D eigenvalue weighted by Crippen LogP contribution is 2.08. The summed E-state index contributed by atoms with van der Waals surface area (Å²) in [5, 5.41) is 0. The van der Waals surface area contributed by atoms with Crippen molar-refractivity contribution in [1.82, 2.24) is 4.90 Å². The van der Waals surface area contributed by atoms with E-state index in [-0.39, 0.29) is 5.97 Å². The van der Waals surface area contributed by atoms with Gasteiger partial charge in [-0.15, -0.1) is 0 Å². The summed E-state index contributed by atoms with van der Waals surface area (Å²) in [6.07, 6.45) is 0. The second-order valence-electron chi connectivity index (χ2n) is 4.45. The Morgan fingerprint density at radius 1 is 0.955 bits per heavy atom. The molecule has 0 aliphatic carbocycles. The molecule has 126 valence electrons. The smallest absolute Gasteiger partial charge is 0.337 e. The third-order valence-electron chi connectivity index (χ3n) is 3.00. The van der Waals surface area contributed by atoms with Gasteiger partial charge in [0.05, 0.1) is 25.9 Å². The highest BCUT2D eigenvalue weighted by atomic mass is 16.5. The molecule has 0 aliphatic rings. The molecular weight excluding hydrogens is 282 g/mol. The second-order valence-corrected chi connectivity index (χ2v) is 4.45. The lowest BCUT2D eigenvalue weighted by atomic mass is 10.1. The van der Waals surface area contributed by atoms with Crippen LogP contribution in [0.1, 0.15) is 29.8 Å². The quantitative estimate of drug-likeness (QED) is 0.656. The first-order valence-electron chi connectivity index (χ1n) is 7.58. The van der Waals surface area contributed by atoms with E-state index >= 15 is 0 Å². The van der Waals surface area contributed by atoms with E-state index in [4.69, 9.17) is 9.47 Å². The molecule has 0 N–H and O–H groups in total. The maximum atomic E-state index is 11.4. The van der Waals surface area contributed by atoms with Crippen molar-refractivity contribution < 1.29 is 19.0 Å². The van der Waals surface area contributed by atoms with Crippen molar-refractivity contribution in [2.45, 2.75) is 20.4 Å². The van der Waals surface area contributed by atoms with Gasteiger partial charge >= 0.3 is 5.97 Å². The zero-order valence-electron chi connectivity index (χ0n) is 14.4. The van der Waals surface area contributed by atoms with Crippen LogP contribution in [-0.4, -0.2) is 58.5 Å². The molecule has 0 fully saturated rings. The molecular formula is C17H29NO4. The maximum Gasteiger partial charge on any atom is 0.337 e. The number of carbonyl (C=O) groups is 1. The number of methoxy groups -OCH3 is 3. The molecule has 1 rings (SSSR count). The Balaban J connectivity index is 0.00000211. The lowest BCUT2D eigenvalue weighted by molar-refractivity contribution is 0.0600. The second kappa shape index (κ2) is 13.2. The van der Waals surface area contributed by atoms with E-state index in [9.17, 15) is 4.79 Å². The van der Waals surface area contributed by atoms with E-state index in [1.165, 1.54) is 7.11 Å². The van der Waals surface area contributed by atoms with Crippen LogP contribution in [-0.2, 0) is 20.8 Å². The zero-order chi connectivity index (χ0) is 16.8. The molecule has 0 heterocycles. The van der Waals surface area contributed by atoms with Gasteiger partial charge in [-0.1, -0.05) is 26.0 Å². The largest absolute Gasteiger partial charge is 0.465 e. The Morgan fingerprint density at radius 3 is 1.86 bits per heavy atom. The van der Waals surface area contributed by atoms with Gasteiger partial charge in [0.2, 0.25) is 0 Å². The van der Waals surface area contributed by atoms with Gasteiger partial charge in [-0.25, -0.2) is 4.79 Å². The maximum absolute atomic E-state index is 11.4. The van der Waals surface area contributed by atoms with E-state index in [1.807, 2.05) is 26.0 Å². The van der Waals surface area contributed by atoms with Gasteiger partial charge in [0.25, 0.3) is 0 Å². The Kier molecular flexibility index (Phi) is 12.4. The van der Waals surface area contributed by atoms with Crippen LogP contribution >= 0.6 is 0 Å². The summed E-state index contributed by atoms with van der Waals surface area (Å²) in [6.45, 7) is 7.86. The van der Waals surface area contributed by atoms with Crippen molar-refractivity contribution in [3.63, 3.8) is 0 Å². The molecule has 0 spiro atoms. The van der Waals surface area contributed by atoms with E-state index in [2.05, 4.69) is 9.64 Å². The average Bonchev–Trinajstić information content (AvgIpc) is 2.59. The molecule has 0 radical (unpaired) electrons. The SMILES string of the molecule is CC.COCCN(CCOC)Cc1ccc(C(=O)OC)cc1. The Bertz CT molecular complexity index is 384. The molecule has 22 heavy (non-hydrogen) atoms. The van der Waals surface area contributed by atoms with Crippen molar-refractivity contribution in [3.05, 3.63) is 35.4 Å². The number of rotatable bonds is 9. The Labute approximate surface area is 134 Å². The summed E-state index contributed by atoms with van der Waals surface area (Å²) in [4.78, 5) is 13.6. The average molecular weight is 311 g/mol. The van der Waals surface area contributed by atoms with Gasteiger partial charge in [-0.3, -0.25) is 4.90 Å². The lowest BCUT2D eigenvalue weighted by Gasteiger charge is -2.21. The molecule has 0 aromatic heterocycles. The minimum atomic E-state index is -0.313. The van der Waals surface area contributed by atoms with Crippen LogP contribution in [0, 0.1) is 0 Å². The van der Waals surface area contributed by atoms with Gasteiger partial charge in [-0.2, -0.15) is 0 Å². The standard InChI is InChI=1S/C15H23NO4.C2H6/c1-18-10-8-16(9-11-19-2)12-13-4-6-14(7-5-13)15(17)20-3;1-2/h4-7H,8-12H2,1-3H3;1-2H3. The van der Waals surface area contributed by atoms with E-state index < -0.39 is 0 Å². The van der Waals surface area contributed by atoms with Crippen LogP contribution in [0.5, 0.6) is 0 Å². The minimum absolute atomic E-state index is 0.313. The van der Waals surface area contributed by atoms with Crippen molar-refractivity contribution in [2.75, 3.05) is 47.6 Å². The summed E-state index contributed by atoms with van der Waals surface area (Å²) in [5.74, 6) is -0.313. The van der Waals surface area contributed by atoms with Crippen LogP contribution < -0.4 is 0 Å². The molecule has 0 saturated heterocycles. The molecule has 0 unspecified atom stereocenters. The van der Waals surface area contributed by atoms with Crippen LogP contribution in [0.4, 0.5) is 0 Å². The summed E-state index contributed by atoms with van der Waals surface area (Å²) >= 11 is 0. The van der Waals surface area contributed by atoms with Crippen molar-refractivity contribution in [3.8, 4) is 0 Å². The molecule has 5 nitrogen and oxygen atoms in total. The van der Waals surface area contributed by atoms with E-state index in [1.54, 1.807) is 26.4 Å². The highest BCUT2D eigenvalue weighted by molar-refractivity contribution is 5.89. The number of carbonyl (C=O) groups excluding carboxylic acids is 1. The summed E-state index contributed by atoms with van der Waals surface area (Å²) < 4.78 is 14.9. The number of hydrogen-bond acceptors (Lipinski definition) is 5. The first-order valence-corrected chi connectivity index (χ1v) is 7.58. The molecule has 0 atom stereocenters. The summed E-state index contributed by atoms with van der Waals surface area (Å²) in [6, 6.07) is 7.45. The molecule has 1 aromatic carbocycles. The van der Waals surface area contributed by atoms with Crippen molar-refractivity contribution in [1.29, 1.82) is 0 Å². The predicted octanol–water partition coefficient (Wildman–Crippen LogP) is 2.59. The number of nitrogens with zero attached hydrogens (tertiary/aromatic N) is 1. The Hall–Kier alpha value is -1.43. The fourth-order valence-corrected chi connectivity index (χ4v) is 1.83. The number of benzene rings is 1. The summed E-state index contributed by atoms with van der Waals surface area (Å²) in [7, 11) is 4.77. The first-order chi connectivity index (χ1) is 10.7. The van der Waals surface area contributed by atoms with Gasteiger partial charge < -0.3 is 14.2 Å². The van der Waals surface area contributed by atoms with E-state index in [0.29, 0.717) is 18.8 Å². The third kappa shape index (κ3) is 8.12. The molecule has 0 bridgehead atoms. The van der Waals surface area contributed by atoms with Gasteiger partial charge in [0.15, 0.2) is 0 Å². The summed E-state index contributed by atoms with van der Waals surface area (Å²) in [5.41, 5.74) is 1.71. The van der Waals surface area contributed by atoms with Crippen LogP contribution in [0.3, 0.4) is 0 Å². The molecule has 1 aromatic rings. The van der Waals surface area contributed by atoms with Crippen LogP contribution in [0.2, 0.25) is 0 Å². The van der Waals surface area contributed by atoms with Crippen LogP contribution in [0.25, 0.3) is 0 Å². The monoisotopic (exact) mass is 311 g/mol. The Morgan fingerprint density at radius 2 is 1.45 bits per heavy atom. The number of hydrogen-bond donors (Lipinski definition) is 0. The minimum Gasteiger partial charge on any atom is -0.465 e. The molecule has 0 amide bonds. The number of ether oxygens (including phenoxy) is 3. The fourth-order valence-electron chi connectivity index (χ4n) is 1.83. The lowest BCUT2D eigenvalue weighted by Crippen LogP contribution is -2.30. The zero-order valence-corrected chi connectivity index (χ0v) is 14.4. The fraction of sp³-hybridized carbons (Fsp3) is 0.588. The van der Waals surface area contributed by atoms with Crippen LogP contribution in [0.15, 0.2) is 24.3 Å². The molecule has 0 saturated carbocycles. The van der Waals surface area contributed by atoms with Crippen molar-refractivity contribution in [2.24, 2.45) is 0 Å². The van der Waals surface area contributed by atoms with E-state index in [0.717, 1.165) is 25.2 Å². The normalized spacial score (nSPS) is 10.1. The third-order valence-corrected chi connectivity index (χ3v) is 3.00. The molecule has 5 heteroatoms. The predicted molar refractivity (Wildman–Crippen MR) is 88.2 cm³/mol. The number of esters is 1. The van der Waals surface area contributed by atoms with Gasteiger partial charge in [-0.05, 0) is 17.7 Å².